The fourth-order valence-electron chi connectivity index (χ4n) is 3.00. The summed E-state index contributed by atoms with van der Waals surface area (Å²) in [6.07, 6.45) is 0.611. The Bertz CT molecular complexity index is 560. The van der Waals surface area contributed by atoms with Crippen LogP contribution < -0.4 is 0 Å². The zero-order valence-electron chi connectivity index (χ0n) is 11.9. The highest BCUT2D eigenvalue weighted by Crippen LogP contribution is 2.34. The minimum Gasteiger partial charge on any atom is -0.331 e. The van der Waals surface area contributed by atoms with Gasteiger partial charge in [0.2, 0.25) is 5.91 Å². The summed E-state index contributed by atoms with van der Waals surface area (Å²) < 4.78 is 0. The quantitative estimate of drug-likeness (QED) is 0.856. The first-order valence-electron chi connectivity index (χ1n) is 7.30. The summed E-state index contributed by atoms with van der Waals surface area (Å²) in [5.41, 5.74) is 2.33. The maximum absolute atomic E-state index is 12.4. The minimum atomic E-state index is 0.00443. The average molecular weight is 297 g/mol. The normalized spacial score (nSPS) is 18.5. The van der Waals surface area contributed by atoms with Gasteiger partial charge in [-0.15, -0.1) is 0 Å². The minimum absolute atomic E-state index is 0.00443. The van der Waals surface area contributed by atoms with Crippen LogP contribution in [0.1, 0.15) is 23.6 Å². The molecule has 1 unspecified atom stereocenters. The van der Waals surface area contributed by atoms with E-state index in [4.69, 9.17) is 0 Å². The Morgan fingerprint density at radius 1 is 1.00 bits per heavy atom. The van der Waals surface area contributed by atoms with Crippen LogP contribution in [-0.4, -0.2) is 23.1 Å². The van der Waals surface area contributed by atoms with Gasteiger partial charge in [-0.25, -0.2) is 0 Å². The lowest BCUT2D eigenvalue weighted by molar-refractivity contribution is -0.129. The van der Waals surface area contributed by atoms with Crippen LogP contribution in [0.5, 0.6) is 0 Å². The first-order valence-corrected chi connectivity index (χ1v) is 7.93. The topological polar surface area (TPSA) is 20.3 Å². The third-order valence-corrected chi connectivity index (χ3v) is 4.56. The number of nitrogens with zero attached hydrogens (tertiary/aromatic N) is 1. The molecular weight excluding hydrogens is 278 g/mol. The van der Waals surface area contributed by atoms with Gasteiger partial charge in [0.15, 0.2) is 0 Å². The third-order valence-electron chi connectivity index (χ3n) is 4.04. The van der Waals surface area contributed by atoms with Crippen LogP contribution in [0.3, 0.4) is 0 Å². The summed E-state index contributed by atoms with van der Waals surface area (Å²) in [6, 6.07) is 20.5. The molecule has 1 amide bonds. The van der Waals surface area contributed by atoms with Crippen molar-refractivity contribution in [2.45, 2.75) is 12.5 Å². The number of amides is 1. The Morgan fingerprint density at radius 3 is 1.95 bits per heavy atom. The van der Waals surface area contributed by atoms with Crippen molar-refractivity contribution in [3.8, 4) is 0 Å². The molecule has 1 heterocycles. The van der Waals surface area contributed by atoms with E-state index in [1.165, 1.54) is 0 Å². The SMILES string of the molecule is O=C1CC(CS)CN1C(c1ccccc1)c1ccccc1. The Hall–Kier alpha value is -1.74. The van der Waals surface area contributed by atoms with Crippen molar-refractivity contribution in [2.75, 3.05) is 12.3 Å². The molecule has 0 bridgehead atoms. The van der Waals surface area contributed by atoms with Crippen molar-refractivity contribution in [1.29, 1.82) is 0 Å². The van der Waals surface area contributed by atoms with Gasteiger partial charge in [0.1, 0.15) is 0 Å². The first kappa shape index (κ1) is 14.2. The van der Waals surface area contributed by atoms with E-state index in [0.29, 0.717) is 12.3 Å². The second-order valence-electron chi connectivity index (χ2n) is 5.52. The fraction of sp³-hybridized carbons (Fsp3) is 0.278. The lowest BCUT2D eigenvalue weighted by Gasteiger charge is -2.29. The molecule has 2 nitrogen and oxygen atoms in total. The summed E-state index contributed by atoms with van der Waals surface area (Å²) in [6.45, 7) is 0.788. The number of hydrogen-bond acceptors (Lipinski definition) is 2. The molecule has 0 spiro atoms. The van der Waals surface area contributed by atoms with Crippen LogP contribution in [0.2, 0.25) is 0 Å². The van der Waals surface area contributed by atoms with Crippen LogP contribution >= 0.6 is 12.6 Å². The van der Waals surface area contributed by atoms with E-state index in [1.54, 1.807) is 0 Å². The van der Waals surface area contributed by atoms with Gasteiger partial charge in [0.05, 0.1) is 6.04 Å². The molecule has 0 radical (unpaired) electrons. The zero-order valence-corrected chi connectivity index (χ0v) is 12.7. The maximum atomic E-state index is 12.4. The summed E-state index contributed by atoms with van der Waals surface area (Å²) >= 11 is 4.36. The van der Waals surface area contributed by atoms with E-state index >= 15 is 0 Å². The van der Waals surface area contributed by atoms with Gasteiger partial charge in [0.25, 0.3) is 0 Å². The molecular formula is C18H19NOS. The molecule has 2 aromatic rings. The van der Waals surface area contributed by atoms with Crippen LogP contribution in [0.15, 0.2) is 60.7 Å². The molecule has 1 fully saturated rings. The van der Waals surface area contributed by atoms with E-state index in [1.807, 2.05) is 41.3 Å². The van der Waals surface area contributed by atoms with Crippen molar-refractivity contribution < 1.29 is 4.79 Å². The highest BCUT2D eigenvalue weighted by Gasteiger charge is 2.34. The van der Waals surface area contributed by atoms with Gasteiger partial charge in [-0.3, -0.25) is 4.79 Å². The molecule has 0 N–H and O–H groups in total. The Labute approximate surface area is 131 Å². The largest absolute Gasteiger partial charge is 0.331 e. The summed E-state index contributed by atoms with van der Waals surface area (Å²) in [5.74, 6) is 1.35. The van der Waals surface area contributed by atoms with Gasteiger partial charge >= 0.3 is 0 Å². The Balaban J connectivity index is 1.99. The van der Waals surface area contributed by atoms with Crippen molar-refractivity contribution in [3.05, 3.63) is 71.8 Å². The lowest BCUT2D eigenvalue weighted by Crippen LogP contribution is -2.31. The molecule has 1 atom stereocenters. The van der Waals surface area contributed by atoms with Crippen LogP contribution in [0.4, 0.5) is 0 Å². The van der Waals surface area contributed by atoms with E-state index in [9.17, 15) is 4.79 Å². The lowest BCUT2D eigenvalue weighted by atomic mass is 9.97. The molecule has 1 aliphatic rings. The molecule has 1 aliphatic heterocycles. The molecule has 3 rings (SSSR count). The number of rotatable bonds is 4. The molecule has 0 aliphatic carbocycles. The smallest absolute Gasteiger partial charge is 0.223 e. The van der Waals surface area contributed by atoms with E-state index in [2.05, 4.69) is 36.9 Å². The molecule has 1 saturated heterocycles. The molecule has 2 aromatic carbocycles. The summed E-state index contributed by atoms with van der Waals surface area (Å²) in [7, 11) is 0. The standard InChI is InChI=1S/C18H19NOS/c20-17-11-14(13-21)12-19(17)18(15-7-3-1-4-8-15)16-9-5-2-6-10-16/h1-10,14,18,21H,11-13H2. The van der Waals surface area contributed by atoms with Gasteiger partial charge < -0.3 is 4.90 Å². The van der Waals surface area contributed by atoms with Crippen LogP contribution in [0.25, 0.3) is 0 Å². The highest BCUT2D eigenvalue weighted by atomic mass is 32.1. The van der Waals surface area contributed by atoms with Gasteiger partial charge in [0, 0.05) is 13.0 Å². The van der Waals surface area contributed by atoms with Crippen molar-refractivity contribution >= 4 is 18.5 Å². The summed E-state index contributed by atoms with van der Waals surface area (Å²) in [5, 5.41) is 0. The maximum Gasteiger partial charge on any atom is 0.223 e. The predicted molar refractivity (Wildman–Crippen MR) is 88.4 cm³/mol. The monoisotopic (exact) mass is 297 g/mol. The number of hydrogen-bond donors (Lipinski definition) is 1. The van der Waals surface area contributed by atoms with Gasteiger partial charge in [-0.2, -0.15) is 12.6 Å². The first-order chi connectivity index (χ1) is 10.3. The summed E-state index contributed by atoms with van der Waals surface area (Å²) in [4.78, 5) is 14.4. The fourth-order valence-corrected chi connectivity index (χ4v) is 3.25. The molecule has 3 heteroatoms. The van der Waals surface area contributed by atoms with E-state index in [0.717, 1.165) is 23.4 Å². The van der Waals surface area contributed by atoms with Gasteiger partial charge in [-0.05, 0) is 22.8 Å². The molecule has 21 heavy (non-hydrogen) atoms. The number of carbonyl (C=O) groups excluding carboxylic acids is 1. The third kappa shape index (κ3) is 2.98. The zero-order chi connectivity index (χ0) is 14.7. The van der Waals surface area contributed by atoms with Crippen LogP contribution in [0, 0.1) is 5.92 Å². The van der Waals surface area contributed by atoms with E-state index in [-0.39, 0.29) is 11.9 Å². The number of thiol groups is 1. The molecule has 0 saturated carbocycles. The number of likely N-dealkylation sites (tertiary alicyclic amines) is 1. The van der Waals surface area contributed by atoms with Crippen molar-refractivity contribution in [1.82, 2.24) is 4.90 Å². The molecule has 0 aromatic heterocycles. The second kappa shape index (κ2) is 6.35. The second-order valence-corrected chi connectivity index (χ2v) is 5.89. The predicted octanol–water partition coefficient (Wildman–Crippen LogP) is 3.55. The Morgan fingerprint density at radius 2 is 1.52 bits per heavy atom. The van der Waals surface area contributed by atoms with E-state index < -0.39 is 0 Å². The van der Waals surface area contributed by atoms with Crippen molar-refractivity contribution in [3.63, 3.8) is 0 Å². The Kier molecular flexibility index (Phi) is 4.30. The van der Waals surface area contributed by atoms with Crippen LogP contribution in [-0.2, 0) is 4.79 Å². The number of carbonyl (C=O) groups is 1. The average Bonchev–Trinajstić information content (AvgIpc) is 2.91. The molecule has 108 valence electrons. The number of benzene rings is 2. The highest BCUT2D eigenvalue weighted by molar-refractivity contribution is 7.80. The van der Waals surface area contributed by atoms with Crippen molar-refractivity contribution in [2.24, 2.45) is 5.92 Å². The van der Waals surface area contributed by atoms with Gasteiger partial charge in [-0.1, -0.05) is 60.7 Å².